The summed E-state index contributed by atoms with van der Waals surface area (Å²) in [6, 6.07) is 2.77. The molecular formula is C32H45FN4O5. The van der Waals surface area contributed by atoms with Crippen molar-refractivity contribution in [2.24, 2.45) is 5.92 Å². The number of likely N-dealkylation sites (N-methyl/N-ethyl adjacent to an activating group) is 1. The molecule has 0 unspecified atom stereocenters. The van der Waals surface area contributed by atoms with E-state index < -0.39 is 35.5 Å². The van der Waals surface area contributed by atoms with Crippen molar-refractivity contribution >= 4 is 34.6 Å². The Morgan fingerprint density at radius 2 is 1.79 bits per heavy atom. The summed E-state index contributed by atoms with van der Waals surface area (Å²) in [5.74, 6) is -1.05. The van der Waals surface area contributed by atoms with E-state index in [1.54, 1.807) is 40.0 Å². The van der Waals surface area contributed by atoms with E-state index >= 15 is 0 Å². The molecule has 42 heavy (non-hydrogen) atoms. The number of hydrogen-bond donors (Lipinski definition) is 1. The minimum absolute atomic E-state index is 0.00943. The van der Waals surface area contributed by atoms with Crippen molar-refractivity contribution in [1.29, 1.82) is 0 Å². The first-order valence-electron chi connectivity index (χ1n) is 15.1. The summed E-state index contributed by atoms with van der Waals surface area (Å²) >= 11 is 0. The van der Waals surface area contributed by atoms with E-state index in [0.29, 0.717) is 24.0 Å². The predicted molar refractivity (Wildman–Crippen MR) is 159 cm³/mol. The van der Waals surface area contributed by atoms with Crippen LogP contribution in [0.5, 0.6) is 0 Å². The third kappa shape index (κ3) is 7.13. The lowest BCUT2D eigenvalue weighted by Gasteiger charge is -2.36. The first kappa shape index (κ1) is 31.5. The minimum atomic E-state index is -0.829. The monoisotopic (exact) mass is 584 g/mol. The molecule has 0 spiro atoms. The number of benzene rings is 1. The Labute approximate surface area is 247 Å². The summed E-state index contributed by atoms with van der Waals surface area (Å²) in [5, 5.41) is 3.59. The number of nitrogens with zero attached hydrogens (tertiary/aromatic N) is 3. The molecule has 2 heterocycles. The van der Waals surface area contributed by atoms with E-state index in [-0.39, 0.29) is 23.7 Å². The van der Waals surface area contributed by atoms with Crippen LogP contribution in [-0.2, 0) is 20.9 Å². The maximum absolute atomic E-state index is 14.2. The molecule has 9 nitrogen and oxygen atoms in total. The number of halogens is 1. The molecular weight excluding hydrogens is 539 g/mol. The average molecular weight is 585 g/mol. The molecule has 1 N–H and O–H groups in total. The molecule has 2 fully saturated rings. The van der Waals surface area contributed by atoms with Crippen LogP contribution in [0.4, 0.5) is 9.18 Å². The van der Waals surface area contributed by atoms with Crippen LogP contribution in [0.2, 0.25) is 0 Å². The van der Waals surface area contributed by atoms with Crippen LogP contribution in [0.1, 0.15) is 89.9 Å². The number of aromatic nitrogens is 1. The highest BCUT2D eigenvalue weighted by atomic mass is 19.1. The van der Waals surface area contributed by atoms with Gasteiger partial charge in [-0.05, 0) is 84.4 Å². The van der Waals surface area contributed by atoms with Gasteiger partial charge in [0, 0.05) is 48.8 Å². The Morgan fingerprint density at radius 3 is 2.43 bits per heavy atom. The summed E-state index contributed by atoms with van der Waals surface area (Å²) in [6.07, 6.45) is 7.56. The van der Waals surface area contributed by atoms with Crippen molar-refractivity contribution < 1.29 is 28.3 Å². The fraction of sp³-hybridized carbons (Fsp3) is 0.625. The van der Waals surface area contributed by atoms with Crippen LogP contribution < -0.4 is 5.32 Å². The number of ketones is 1. The molecule has 4 rings (SSSR count). The molecule has 0 bridgehead atoms. The lowest BCUT2D eigenvalue weighted by Crippen LogP contribution is -2.57. The van der Waals surface area contributed by atoms with Gasteiger partial charge in [0.15, 0.2) is 5.78 Å². The highest BCUT2D eigenvalue weighted by molar-refractivity contribution is 6.07. The van der Waals surface area contributed by atoms with Crippen LogP contribution in [0.3, 0.4) is 0 Å². The number of rotatable bonds is 8. The number of carbonyl (C=O) groups is 4. The fourth-order valence-corrected chi connectivity index (χ4v) is 6.21. The van der Waals surface area contributed by atoms with Crippen molar-refractivity contribution in [2.75, 3.05) is 13.6 Å². The molecule has 3 amide bonds. The van der Waals surface area contributed by atoms with Crippen molar-refractivity contribution in [3.8, 4) is 0 Å². The number of likely N-dealkylation sites (tertiary alicyclic amines) is 1. The van der Waals surface area contributed by atoms with E-state index in [4.69, 9.17) is 4.74 Å². The molecule has 1 saturated heterocycles. The Kier molecular flexibility index (Phi) is 9.63. The molecule has 230 valence electrons. The van der Waals surface area contributed by atoms with Gasteiger partial charge < -0.3 is 19.5 Å². The summed E-state index contributed by atoms with van der Waals surface area (Å²) in [5.41, 5.74) is 0.505. The molecule has 1 aromatic heterocycles. The number of carbonyl (C=O) groups excluding carboxylic acids is 4. The third-order valence-electron chi connectivity index (χ3n) is 8.62. The van der Waals surface area contributed by atoms with Crippen molar-refractivity contribution in [3.63, 3.8) is 0 Å². The van der Waals surface area contributed by atoms with Gasteiger partial charge in [-0.15, -0.1) is 0 Å². The van der Waals surface area contributed by atoms with Gasteiger partial charge in [0.1, 0.15) is 23.5 Å². The maximum Gasteiger partial charge on any atom is 0.410 e. The normalized spacial score (nSPS) is 19.4. The summed E-state index contributed by atoms with van der Waals surface area (Å²) in [4.78, 5) is 55.7. The number of ether oxygens (including phenoxy) is 1. The van der Waals surface area contributed by atoms with Crippen LogP contribution in [0, 0.1) is 11.7 Å². The SMILES string of the molecule is CC(=O)c1cn(C[C@@H]2CCCN2C(=O)[C@@H](NC(=O)[C@H](C)N(C)C(=O)OC(C)(C)C)C2CCCCC2)c2ccc(F)cc12. The second kappa shape index (κ2) is 12.8. The maximum atomic E-state index is 14.2. The zero-order chi connectivity index (χ0) is 30.8. The Balaban J connectivity index is 1.54. The van der Waals surface area contributed by atoms with Gasteiger partial charge >= 0.3 is 6.09 Å². The molecule has 3 atom stereocenters. The number of hydrogen-bond acceptors (Lipinski definition) is 5. The minimum Gasteiger partial charge on any atom is -0.444 e. The number of fused-ring (bicyclic) bond motifs is 1. The Morgan fingerprint density at radius 1 is 1.10 bits per heavy atom. The van der Waals surface area contributed by atoms with Gasteiger partial charge in [0.2, 0.25) is 11.8 Å². The van der Waals surface area contributed by atoms with Gasteiger partial charge in [-0.2, -0.15) is 0 Å². The second-order valence-electron chi connectivity index (χ2n) is 12.9. The van der Waals surface area contributed by atoms with Crippen molar-refractivity contribution in [3.05, 3.63) is 35.8 Å². The average Bonchev–Trinajstić information content (AvgIpc) is 3.54. The quantitative estimate of drug-likeness (QED) is 0.425. The fourth-order valence-electron chi connectivity index (χ4n) is 6.21. The predicted octanol–water partition coefficient (Wildman–Crippen LogP) is 5.29. The summed E-state index contributed by atoms with van der Waals surface area (Å²) in [6.45, 7) is 9.44. The van der Waals surface area contributed by atoms with E-state index in [1.807, 2.05) is 9.47 Å². The summed E-state index contributed by atoms with van der Waals surface area (Å²) in [7, 11) is 1.52. The van der Waals surface area contributed by atoms with Crippen LogP contribution in [-0.4, -0.2) is 75.4 Å². The molecule has 1 aliphatic heterocycles. The van der Waals surface area contributed by atoms with Gasteiger partial charge in [0.25, 0.3) is 0 Å². The topological polar surface area (TPSA) is 101 Å². The van der Waals surface area contributed by atoms with Crippen molar-refractivity contribution in [1.82, 2.24) is 19.7 Å². The third-order valence-corrected chi connectivity index (χ3v) is 8.62. The van der Waals surface area contributed by atoms with Crippen LogP contribution in [0.25, 0.3) is 10.9 Å². The van der Waals surface area contributed by atoms with E-state index in [9.17, 15) is 23.6 Å². The smallest absolute Gasteiger partial charge is 0.410 e. The Bertz CT molecular complexity index is 1330. The van der Waals surface area contributed by atoms with Gasteiger partial charge in [-0.3, -0.25) is 19.3 Å². The molecule has 1 aliphatic carbocycles. The van der Waals surface area contributed by atoms with Crippen molar-refractivity contribution in [2.45, 2.75) is 110 Å². The molecule has 0 radical (unpaired) electrons. The molecule has 1 saturated carbocycles. The first-order chi connectivity index (χ1) is 19.8. The van der Waals surface area contributed by atoms with Gasteiger partial charge in [-0.1, -0.05) is 19.3 Å². The molecule has 10 heteroatoms. The van der Waals surface area contributed by atoms with E-state index in [2.05, 4.69) is 5.32 Å². The lowest BCUT2D eigenvalue weighted by molar-refractivity contribution is -0.140. The largest absolute Gasteiger partial charge is 0.444 e. The first-order valence-corrected chi connectivity index (χ1v) is 15.1. The zero-order valence-electron chi connectivity index (χ0n) is 25.7. The van der Waals surface area contributed by atoms with Crippen LogP contribution in [0.15, 0.2) is 24.4 Å². The standard InChI is InChI=1S/C32H45FN4O5/c1-20(35(6)31(41)42-32(3,4)5)29(39)34-28(22-11-8-7-9-12-22)30(40)37-16-10-13-24(37)18-36-19-26(21(2)38)25-17-23(33)14-15-27(25)36/h14-15,17,19-20,22,24,28H,7-13,16,18H2,1-6H3,(H,34,39)/t20-,24-,28-/m0/s1. The van der Waals surface area contributed by atoms with Gasteiger partial charge in [0.05, 0.1) is 0 Å². The molecule has 2 aliphatic rings. The highest BCUT2D eigenvalue weighted by Gasteiger charge is 2.40. The summed E-state index contributed by atoms with van der Waals surface area (Å²) < 4.78 is 21.4. The Hall–Kier alpha value is -3.43. The van der Waals surface area contributed by atoms with E-state index in [0.717, 1.165) is 50.5 Å². The highest BCUT2D eigenvalue weighted by Crippen LogP contribution is 2.31. The number of Topliss-reactive ketones (excluding diaryl/α,β-unsaturated/α-hetero) is 1. The number of amides is 3. The zero-order valence-corrected chi connectivity index (χ0v) is 25.7. The van der Waals surface area contributed by atoms with E-state index in [1.165, 1.54) is 31.0 Å². The lowest BCUT2D eigenvalue weighted by atomic mass is 9.83. The van der Waals surface area contributed by atoms with Gasteiger partial charge in [-0.25, -0.2) is 9.18 Å². The number of nitrogens with one attached hydrogen (secondary N) is 1. The van der Waals surface area contributed by atoms with Crippen LogP contribution >= 0.6 is 0 Å². The molecule has 2 aromatic rings. The second-order valence-corrected chi connectivity index (χ2v) is 12.9. The molecule has 1 aromatic carbocycles.